The predicted molar refractivity (Wildman–Crippen MR) is 53.0 cm³/mol. The Hall–Kier alpha value is -0.610. The van der Waals surface area contributed by atoms with Crippen LogP contribution in [-0.2, 0) is 9.53 Å². The molecule has 0 spiro atoms. The summed E-state index contributed by atoms with van der Waals surface area (Å²) in [5.41, 5.74) is -0.249. The van der Waals surface area contributed by atoms with Crippen LogP contribution in [0.5, 0.6) is 0 Å². The van der Waals surface area contributed by atoms with Gasteiger partial charge in [0.05, 0.1) is 7.11 Å². The van der Waals surface area contributed by atoms with E-state index in [4.69, 9.17) is 4.74 Å². The van der Waals surface area contributed by atoms with E-state index in [-0.39, 0.29) is 11.5 Å². The minimum absolute atomic E-state index is 0.0422. The van der Waals surface area contributed by atoms with Gasteiger partial charge in [0.15, 0.2) is 0 Å². The largest absolute Gasteiger partial charge is 0.468 e. The minimum Gasteiger partial charge on any atom is -0.468 e. The molecule has 2 aliphatic rings. The highest BCUT2D eigenvalue weighted by molar-refractivity contribution is 5.84. The maximum absolute atomic E-state index is 11.6. The molecule has 1 saturated carbocycles. The molecule has 2 rings (SSSR count). The van der Waals surface area contributed by atoms with Gasteiger partial charge in [-0.1, -0.05) is 0 Å². The van der Waals surface area contributed by atoms with Crippen LogP contribution in [0.4, 0.5) is 0 Å². The number of carbonyl (C=O) groups is 1. The van der Waals surface area contributed by atoms with Gasteiger partial charge in [0.1, 0.15) is 5.54 Å². The monoisotopic (exact) mass is 198 g/mol. The summed E-state index contributed by atoms with van der Waals surface area (Å²) in [6, 6.07) is 0. The van der Waals surface area contributed by atoms with Gasteiger partial charge in [-0.2, -0.15) is 0 Å². The third kappa shape index (κ3) is 1.64. The highest BCUT2D eigenvalue weighted by Gasteiger charge is 2.55. The van der Waals surface area contributed by atoms with Crippen molar-refractivity contribution in [3.8, 4) is 0 Å². The van der Waals surface area contributed by atoms with E-state index in [9.17, 15) is 4.79 Å². The molecular weight excluding hydrogens is 180 g/mol. The molecule has 0 bridgehead atoms. The Balaban J connectivity index is 2.01. The van der Waals surface area contributed by atoms with Crippen molar-refractivity contribution in [2.24, 2.45) is 0 Å². The van der Waals surface area contributed by atoms with Crippen LogP contribution in [0.3, 0.4) is 0 Å². The SMILES string of the molecule is COC(=O)C1(N2CCCNCC2)CC1. The van der Waals surface area contributed by atoms with Crippen molar-refractivity contribution in [1.82, 2.24) is 10.2 Å². The maximum atomic E-state index is 11.6. The van der Waals surface area contributed by atoms with Crippen LogP contribution in [0.25, 0.3) is 0 Å². The number of methoxy groups -OCH3 is 1. The Labute approximate surface area is 84.6 Å². The molecule has 0 radical (unpaired) electrons. The number of carbonyl (C=O) groups excluding carboxylic acids is 1. The number of hydrogen-bond acceptors (Lipinski definition) is 4. The zero-order valence-electron chi connectivity index (χ0n) is 8.71. The van der Waals surface area contributed by atoms with Crippen LogP contribution in [-0.4, -0.2) is 49.7 Å². The van der Waals surface area contributed by atoms with Crippen molar-refractivity contribution >= 4 is 5.97 Å². The van der Waals surface area contributed by atoms with E-state index < -0.39 is 0 Å². The van der Waals surface area contributed by atoms with Crippen molar-refractivity contribution < 1.29 is 9.53 Å². The summed E-state index contributed by atoms with van der Waals surface area (Å²) in [5.74, 6) is -0.0422. The summed E-state index contributed by atoms with van der Waals surface area (Å²) >= 11 is 0. The second-order valence-electron chi connectivity index (χ2n) is 4.11. The average molecular weight is 198 g/mol. The third-order valence-corrected chi connectivity index (χ3v) is 3.23. The summed E-state index contributed by atoms with van der Waals surface area (Å²) in [6.07, 6.45) is 3.07. The van der Waals surface area contributed by atoms with Crippen molar-refractivity contribution in [2.45, 2.75) is 24.8 Å². The van der Waals surface area contributed by atoms with Crippen LogP contribution in [0.1, 0.15) is 19.3 Å². The van der Waals surface area contributed by atoms with E-state index in [2.05, 4.69) is 10.2 Å². The molecule has 1 aliphatic carbocycles. The Morgan fingerprint density at radius 1 is 1.36 bits per heavy atom. The van der Waals surface area contributed by atoms with Crippen molar-refractivity contribution in [3.05, 3.63) is 0 Å². The molecule has 1 saturated heterocycles. The minimum atomic E-state index is -0.249. The van der Waals surface area contributed by atoms with E-state index in [0.29, 0.717) is 0 Å². The lowest BCUT2D eigenvalue weighted by atomic mass is 10.2. The fourth-order valence-electron chi connectivity index (χ4n) is 2.23. The molecule has 0 unspecified atom stereocenters. The Kier molecular flexibility index (Phi) is 2.74. The molecule has 1 heterocycles. The highest BCUT2D eigenvalue weighted by Crippen LogP contribution is 2.42. The van der Waals surface area contributed by atoms with Gasteiger partial charge in [-0.3, -0.25) is 9.69 Å². The maximum Gasteiger partial charge on any atom is 0.326 e. The molecule has 1 N–H and O–H groups in total. The fraction of sp³-hybridized carbons (Fsp3) is 0.900. The molecule has 4 nitrogen and oxygen atoms in total. The first-order valence-corrected chi connectivity index (χ1v) is 5.34. The lowest BCUT2D eigenvalue weighted by Gasteiger charge is -2.27. The highest BCUT2D eigenvalue weighted by atomic mass is 16.5. The van der Waals surface area contributed by atoms with E-state index in [1.807, 2.05) is 0 Å². The zero-order valence-corrected chi connectivity index (χ0v) is 8.71. The summed E-state index contributed by atoms with van der Waals surface area (Å²) in [7, 11) is 1.48. The zero-order chi connectivity index (χ0) is 10.0. The first-order chi connectivity index (χ1) is 6.79. The smallest absolute Gasteiger partial charge is 0.326 e. The molecule has 0 aromatic heterocycles. The first kappa shape index (κ1) is 9.93. The first-order valence-electron chi connectivity index (χ1n) is 5.34. The lowest BCUT2D eigenvalue weighted by Crippen LogP contribution is -2.45. The quantitative estimate of drug-likeness (QED) is 0.634. The molecule has 0 amide bonds. The van der Waals surface area contributed by atoms with Crippen molar-refractivity contribution in [3.63, 3.8) is 0 Å². The van der Waals surface area contributed by atoms with Crippen LogP contribution in [0, 0.1) is 0 Å². The number of hydrogen-bond donors (Lipinski definition) is 1. The van der Waals surface area contributed by atoms with Crippen LogP contribution in [0.15, 0.2) is 0 Å². The summed E-state index contributed by atoms with van der Waals surface area (Å²) < 4.78 is 4.87. The molecule has 0 atom stereocenters. The van der Waals surface area contributed by atoms with Crippen LogP contribution >= 0.6 is 0 Å². The second-order valence-corrected chi connectivity index (χ2v) is 4.11. The Morgan fingerprint density at radius 3 is 2.79 bits per heavy atom. The molecular formula is C10H18N2O2. The summed E-state index contributed by atoms with van der Waals surface area (Å²) in [6.45, 7) is 4.03. The molecule has 2 fully saturated rings. The fourth-order valence-corrected chi connectivity index (χ4v) is 2.23. The van der Waals surface area contributed by atoms with Gasteiger partial charge in [-0.05, 0) is 25.8 Å². The van der Waals surface area contributed by atoms with Gasteiger partial charge in [0.2, 0.25) is 0 Å². The molecule has 14 heavy (non-hydrogen) atoms. The summed E-state index contributed by atoms with van der Waals surface area (Å²) in [4.78, 5) is 13.9. The predicted octanol–water partition coefficient (Wildman–Crippen LogP) is -0.0127. The molecule has 80 valence electrons. The van der Waals surface area contributed by atoms with E-state index in [1.54, 1.807) is 0 Å². The standard InChI is InChI=1S/C10H18N2O2/c1-14-9(13)10(3-4-10)12-7-2-5-11-6-8-12/h11H,2-8H2,1H3. The summed E-state index contributed by atoms with van der Waals surface area (Å²) in [5, 5.41) is 3.34. The van der Waals surface area contributed by atoms with E-state index >= 15 is 0 Å². The number of rotatable bonds is 2. The number of ether oxygens (including phenoxy) is 1. The topological polar surface area (TPSA) is 41.6 Å². The van der Waals surface area contributed by atoms with Crippen molar-refractivity contribution in [2.75, 3.05) is 33.3 Å². The van der Waals surface area contributed by atoms with Gasteiger partial charge >= 0.3 is 5.97 Å². The van der Waals surface area contributed by atoms with Crippen molar-refractivity contribution in [1.29, 1.82) is 0 Å². The van der Waals surface area contributed by atoms with E-state index in [1.165, 1.54) is 7.11 Å². The lowest BCUT2D eigenvalue weighted by molar-refractivity contribution is -0.148. The number of esters is 1. The van der Waals surface area contributed by atoms with Gasteiger partial charge in [0, 0.05) is 19.6 Å². The van der Waals surface area contributed by atoms with Gasteiger partial charge in [-0.25, -0.2) is 0 Å². The Morgan fingerprint density at radius 2 is 2.14 bits per heavy atom. The molecule has 0 aromatic carbocycles. The average Bonchev–Trinajstić information content (AvgIpc) is 3.01. The normalized spacial score (nSPS) is 26.6. The molecule has 1 aliphatic heterocycles. The van der Waals surface area contributed by atoms with Crippen LogP contribution < -0.4 is 5.32 Å². The molecule has 4 heteroatoms. The third-order valence-electron chi connectivity index (χ3n) is 3.23. The van der Waals surface area contributed by atoms with Gasteiger partial charge < -0.3 is 10.1 Å². The van der Waals surface area contributed by atoms with Gasteiger partial charge in [-0.15, -0.1) is 0 Å². The van der Waals surface area contributed by atoms with E-state index in [0.717, 1.165) is 45.4 Å². The molecule has 0 aromatic rings. The number of nitrogens with zero attached hydrogens (tertiary/aromatic N) is 1. The second kappa shape index (κ2) is 3.87. The Bertz CT molecular complexity index is 218. The van der Waals surface area contributed by atoms with Crippen LogP contribution in [0.2, 0.25) is 0 Å². The van der Waals surface area contributed by atoms with Gasteiger partial charge in [0.25, 0.3) is 0 Å². The number of nitrogens with one attached hydrogen (secondary N) is 1.